The molecule has 4 N–H and O–H groups in total. The Morgan fingerprint density at radius 1 is 1.29 bits per heavy atom. The molecule has 1 aromatic carbocycles. The summed E-state index contributed by atoms with van der Waals surface area (Å²) < 4.78 is 24.9. The van der Waals surface area contributed by atoms with Crippen LogP contribution in [0.5, 0.6) is 0 Å². The molecule has 0 amide bonds. The van der Waals surface area contributed by atoms with Gasteiger partial charge in [0.1, 0.15) is 0 Å². The van der Waals surface area contributed by atoms with Crippen molar-refractivity contribution in [2.24, 2.45) is 0 Å². The zero-order valence-corrected chi connectivity index (χ0v) is 18.4. The summed E-state index contributed by atoms with van der Waals surface area (Å²) in [4.78, 5) is 14.2. The van der Waals surface area contributed by atoms with Crippen molar-refractivity contribution in [3.8, 4) is 0 Å². The number of hydrogen-bond donors (Lipinski definition) is 3. The highest BCUT2D eigenvalue weighted by molar-refractivity contribution is 8.24. The molecule has 0 spiro atoms. The van der Waals surface area contributed by atoms with Crippen molar-refractivity contribution >= 4 is 27.9 Å². The average molecular weight is 413 g/mol. The number of esters is 1. The molecular formula is C21H36N2O4S. The van der Waals surface area contributed by atoms with Crippen molar-refractivity contribution in [1.29, 1.82) is 0 Å². The molecule has 0 radical (unpaired) electrons. The maximum Gasteiger partial charge on any atom is 0.306 e. The zero-order chi connectivity index (χ0) is 20.9. The first kappa shape index (κ1) is 22.8. The van der Waals surface area contributed by atoms with Gasteiger partial charge in [0.25, 0.3) is 0 Å². The van der Waals surface area contributed by atoms with Gasteiger partial charge in [0, 0.05) is 29.5 Å². The van der Waals surface area contributed by atoms with Crippen LogP contribution in [-0.2, 0) is 14.9 Å². The highest BCUT2D eigenvalue weighted by Gasteiger charge is 2.30. The molecule has 1 aliphatic heterocycles. The number of benzene rings is 1. The average Bonchev–Trinajstić information content (AvgIpc) is 2.60. The van der Waals surface area contributed by atoms with Gasteiger partial charge in [0.2, 0.25) is 0 Å². The zero-order valence-electron chi connectivity index (χ0n) is 17.6. The Balaban J connectivity index is 2.21. The van der Waals surface area contributed by atoms with E-state index >= 15 is 0 Å². The van der Waals surface area contributed by atoms with Crippen LogP contribution in [0.3, 0.4) is 0 Å². The number of carbonyl (C=O) groups excluding carboxylic acids is 1. The summed E-state index contributed by atoms with van der Waals surface area (Å²) in [6, 6.07) is 6.32. The van der Waals surface area contributed by atoms with Gasteiger partial charge in [0.05, 0.1) is 24.4 Å². The van der Waals surface area contributed by atoms with Crippen LogP contribution < -0.4 is 10.6 Å². The van der Waals surface area contributed by atoms with E-state index in [1.54, 1.807) is 0 Å². The molecule has 1 aliphatic rings. The van der Waals surface area contributed by atoms with Crippen molar-refractivity contribution in [1.82, 2.24) is 0 Å². The van der Waals surface area contributed by atoms with Crippen molar-refractivity contribution in [3.05, 3.63) is 23.8 Å². The van der Waals surface area contributed by atoms with E-state index in [1.165, 1.54) is 0 Å². The number of hydrogen-bond acceptors (Lipinski definition) is 6. The second-order valence-corrected chi connectivity index (χ2v) is 10.7. The Hall–Kier alpha value is -1.44. The number of rotatable bonds is 8. The van der Waals surface area contributed by atoms with Gasteiger partial charge in [-0.05, 0) is 43.9 Å². The van der Waals surface area contributed by atoms with Crippen LogP contribution in [0.15, 0.2) is 18.2 Å². The van der Waals surface area contributed by atoms with Crippen LogP contribution in [0.4, 0.5) is 11.4 Å². The molecule has 0 aliphatic carbocycles. The molecule has 0 saturated carbocycles. The minimum absolute atomic E-state index is 0.205. The Labute approximate surface area is 170 Å². The fourth-order valence-corrected chi connectivity index (χ4v) is 5.36. The maximum atomic E-state index is 11.9. The van der Waals surface area contributed by atoms with Gasteiger partial charge in [-0.1, -0.05) is 26.8 Å². The van der Waals surface area contributed by atoms with Crippen LogP contribution in [-0.4, -0.2) is 45.8 Å². The van der Waals surface area contributed by atoms with Crippen LogP contribution in [0, 0.1) is 0 Å². The SMILES string of the molecule is CCCN(c1ccc(C(C)(C)CC(=O)OCC)cc1N)C1CCS(O)(O)CC1. The predicted molar refractivity (Wildman–Crippen MR) is 118 cm³/mol. The number of anilines is 2. The lowest BCUT2D eigenvalue weighted by Gasteiger charge is -2.44. The van der Waals surface area contributed by atoms with E-state index < -0.39 is 10.6 Å². The Bertz CT molecular complexity index is 668. The second kappa shape index (κ2) is 9.37. The molecule has 160 valence electrons. The molecule has 1 aromatic rings. The highest BCUT2D eigenvalue weighted by Crippen LogP contribution is 2.46. The molecule has 0 bridgehead atoms. The first-order valence-electron chi connectivity index (χ1n) is 10.2. The van der Waals surface area contributed by atoms with E-state index in [0.29, 0.717) is 30.2 Å². The third-order valence-electron chi connectivity index (χ3n) is 5.47. The predicted octanol–water partition coefficient (Wildman–Crippen LogP) is 4.63. The molecule has 1 heterocycles. The summed E-state index contributed by atoms with van der Waals surface area (Å²) in [5, 5.41) is 0. The summed E-state index contributed by atoms with van der Waals surface area (Å²) in [6.45, 7) is 9.25. The standard InChI is InChI=1S/C21H36N2O4S/c1-5-11-23(17-9-12-28(25,26)13-10-17)19-8-7-16(14-18(19)22)21(3,4)15-20(24)27-6-2/h7-8,14,17,25-26H,5-6,9-13,15,22H2,1-4H3. The fourth-order valence-electron chi connectivity index (χ4n) is 3.86. The summed E-state index contributed by atoms with van der Waals surface area (Å²) >= 11 is 0. The minimum Gasteiger partial charge on any atom is -0.466 e. The van der Waals surface area contributed by atoms with E-state index in [9.17, 15) is 13.9 Å². The lowest BCUT2D eigenvalue weighted by Crippen LogP contribution is -2.41. The van der Waals surface area contributed by atoms with Gasteiger partial charge in [-0.2, -0.15) is 10.6 Å². The first-order valence-corrected chi connectivity index (χ1v) is 12.0. The van der Waals surface area contributed by atoms with Crippen molar-refractivity contribution in [2.45, 2.75) is 64.8 Å². The van der Waals surface area contributed by atoms with Gasteiger partial charge in [-0.15, -0.1) is 0 Å². The van der Waals surface area contributed by atoms with Crippen LogP contribution >= 0.6 is 10.6 Å². The smallest absolute Gasteiger partial charge is 0.306 e. The summed E-state index contributed by atoms with van der Waals surface area (Å²) in [5.74, 6) is 0.717. The molecule has 1 fully saturated rings. The van der Waals surface area contributed by atoms with Crippen LogP contribution in [0.1, 0.15) is 58.9 Å². The summed E-state index contributed by atoms with van der Waals surface area (Å²) in [6.07, 6.45) is 2.82. The number of nitrogens with two attached hydrogens (primary N) is 1. The minimum atomic E-state index is -2.40. The molecule has 0 aromatic heterocycles. The van der Waals surface area contributed by atoms with Gasteiger partial charge in [-0.25, -0.2) is 0 Å². The Morgan fingerprint density at radius 3 is 2.46 bits per heavy atom. The highest BCUT2D eigenvalue weighted by atomic mass is 32.3. The van der Waals surface area contributed by atoms with E-state index in [2.05, 4.69) is 11.8 Å². The van der Waals surface area contributed by atoms with Crippen molar-refractivity contribution in [2.75, 3.05) is 35.3 Å². The van der Waals surface area contributed by atoms with Crippen molar-refractivity contribution < 1.29 is 18.6 Å². The van der Waals surface area contributed by atoms with Crippen molar-refractivity contribution in [3.63, 3.8) is 0 Å². The monoisotopic (exact) mass is 412 g/mol. The summed E-state index contributed by atoms with van der Waals surface area (Å²) in [7, 11) is -2.40. The topological polar surface area (TPSA) is 96.0 Å². The maximum absolute atomic E-state index is 11.9. The third kappa shape index (κ3) is 5.78. The molecule has 1 saturated heterocycles. The van der Waals surface area contributed by atoms with Crippen LogP contribution in [0.2, 0.25) is 0 Å². The number of nitrogen functional groups attached to an aromatic ring is 1. The lowest BCUT2D eigenvalue weighted by atomic mass is 9.81. The van der Waals surface area contributed by atoms with E-state index in [-0.39, 0.29) is 17.4 Å². The second-order valence-electron chi connectivity index (χ2n) is 8.27. The molecule has 7 heteroatoms. The largest absolute Gasteiger partial charge is 0.466 e. The van der Waals surface area contributed by atoms with Gasteiger partial charge in [0.15, 0.2) is 0 Å². The van der Waals surface area contributed by atoms with Gasteiger partial charge < -0.3 is 15.4 Å². The first-order chi connectivity index (χ1) is 13.1. The molecule has 28 heavy (non-hydrogen) atoms. The molecule has 0 atom stereocenters. The fraction of sp³-hybridized carbons (Fsp3) is 0.667. The number of nitrogens with zero attached hydrogens (tertiary/aromatic N) is 1. The third-order valence-corrected chi connectivity index (χ3v) is 7.25. The molecule has 0 unspecified atom stereocenters. The van der Waals surface area contributed by atoms with Gasteiger partial charge in [-0.3, -0.25) is 13.9 Å². The quantitative estimate of drug-likeness (QED) is 0.425. The number of ether oxygens (including phenoxy) is 1. The summed E-state index contributed by atoms with van der Waals surface area (Å²) in [5.41, 5.74) is 8.77. The molecular weight excluding hydrogens is 376 g/mol. The Morgan fingerprint density at radius 2 is 1.93 bits per heavy atom. The van der Waals surface area contributed by atoms with Crippen LogP contribution in [0.25, 0.3) is 0 Å². The van der Waals surface area contributed by atoms with Gasteiger partial charge >= 0.3 is 5.97 Å². The normalized spacial score (nSPS) is 18.5. The molecule has 2 rings (SSSR count). The lowest BCUT2D eigenvalue weighted by molar-refractivity contribution is -0.144. The Kier molecular flexibility index (Phi) is 7.65. The van der Waals surface area contributed by atoms with E-state index in [4.69, 9.17) is 10.5 Å². The van der Waals surface area contributed by atoms with E-state index in [1.807, 2.05) is 39.0 Å². The number of carbonyl (C=O) groups is 1. The molecule has 6 nitrogen and oxygen atoms in total. The van der Waals surface area contributed by atoms with E-state index in [0.717, 1.165) is 37.1 Å².